The molecule has 28 heavy (non-hydrogen) atoms. The minimum absolute atomic E-state index is 0.0766. The highest BCUT2D eigenvalue weighted by atomic mass is 16.2. The Hall–Kier alpha value is -3.22. The first-order chi connectivity index (χ1) is 13.4. The SMILES string of the molecule is C[C@@H]1CC[C@@H](c2ccccc2)N(C(=O)C(=O)Nc2cncc(C(N)=O)c2)[C@@H]1C. The van der Waals surface area contributed by atoms with Gasteiger partial charge in [-0.2, -0.15) is 0 Å². The average Bonchev–Trinajstić information content (AvgIpc) is 2.70. The fourth-order valence-electron chi connectivity index (χ4n) is 3.63. The number of benzene rings is 1. The van der Waals surface area contributed by atoms with Crippen molar-refractivity contribution in [2.24, 2.45) is 11.7 Å². The predicted molar refractivity (Wildman–Crippen MR) is 105 cm³/mol. The summed E-state index contributed by atoms with van der Waals surface area (Å²) in [6.07, 6.45) is 4.46. The van der Waals surface area contributed by atoms with Crippen LogP contribution in [-0.4, -0.2) is 33.6 Å². The van der Waals surface area contributed by atoms with Crippen molar-refractivity contribution in [3.63, 3.8) is 0 Å². The maximum atomic E-state index is 13.1. The van der Waals surface area contributed by atoms with Crippen molar-refractivity contribution < 1.29 is 14.4 Å². The molecule has 7 nitrogen and oxygen atoms in total. The number of amides is 3. The Balaban J connectivity index is 1.83. The number of carbonyl (C=O) groups is 3. The molecule has 0 bridgehead atoms. The van der Waals surface area contributed by atoms with Crippen LogP contribution in [-0.2, 0) is 9.59 Å². The molecule has 1 fully saturated rings. The molecule has 1 aliphatic heterocycles. The molecule has 3 atom stereocenters. The van der Waals surface area contributed by atoms with Crippen molar-refractivity contribution in [3.8, 4) is 0 Å². The molecule has 0 unspecified atom stereocenters. The maximum Gasteiger partial charge on any atom is 0.313 e. The van der Waals surface area contributed by atoms with Gasteiger partial charge in [0.2, 0.25) is 5.91 Å². The molecule has 0 spiro atoms. The normalized spacial score (nSPS) is 21.8. The first-order valence-corrected chi connectivity index (χ1v) is 9.32. The third kappa shape index (κ3) is 4.03. The molecule has 1 aromatic heterocycles. The molecule has 3 amide bonds. The van der Waals surface area contributed by atoms with Gasteiger partial charge in [0.1, 0.15) is 0 Å². The van der Waals surface area contributed by atoms with E-state index < -0.39 is 17.7 Å². The zero-order chi connectivity index (χ0) is 20.3. The van der Waals surface area contributed by atoms with Crippen molar-refractivity contribution >= 4 is 23.4 Å². The van der Waals surface area contributed by atoms with E-state index in [0.717, 1.165) is 18.4 Å². The van der Waals surface area contributed by atoms with Crippen LogP contribution in [0.4, 0.5) is 5.69 Å². The molecule has 0 aliphatic carbocycles. The van der Waals surface area contributed by atoms with Gasteiger partial charge in [-0.3, -0.25) is 19.4 Å². The topological polar surface area (TPSA) is 105 Å². The zero-order valence-electron chi connectivity index (χ0n) is 16.0. The standard InChI is InChI=1S/C21H24N4O3/c1-13-8-9-18(15-6-4-3-5-7-15)25(14(13)2)21(28)20(27)24-17-10-16(19(22)26)11-23-12-17/h3-7,10-14,18H,8-9H2,1-2H3,(H2,22,26)(H,24,27)/t13-,14-,18+/m1/s1. The van der Waals surface area contributed by atoms with Crippen LogP contribution >= 0.6 is 0 Å². The number of piperidine rings is 1. The van der Waals surface area contributed by atoms with Crippen LogP contribution in [0.2, 0.25) is 0 Å². The van der Waals surface area contributed by atoms with Gasteiger partial charge in [-0.15, -0.1) is 0 Å². The van der Waals surface area contributed by atoms with Crippen molar-refractivity contribution in [3.05, 3.63) is 59.9 Å². The summed E-state index contributed by atoms with van der Waals surface area (Å²) in [7, 11) is 0. The molecule has 1 aliphatic rings. The summed E-state index contributed by atoms with van der Waals surface area (Å²) in [5.74, 6) is -1.73. The number of pyridine rings is 1. The summed E-state index contributed by atoms with van der Waals surface area (Å²) in [6.45, 7) is 4.06. The Morgan fingerprint density at radius 3 is 2.50 bits per heavy atom. The first-order valence-electron chi connectivity index (χ1n) is 9.32. The number of likely N-dealkylation sites (tertiary alicyclic amines) is 1. The molecule has 7 heteroatoms. The molecule has 2 heterocycles. The van der Waals surface area contributed by atoms with E-state index in [1.165, 1.54) is 18.5 Å². The lowest BCUT2D eigenvalue weighted by Crippen LogP contribution is -2.51. The maximum absolute atomic E-state index is 13.1. The van der Waals surface area contributed by atoms with E-state index in [9.17, 15) is 14.4 Å². The minimum Gasteiger partial charge on any atom is -0.366 e. The number of hydrogen-bond acceptors (Lipinski definition) is 4. The highest BCUT2D eigenvalue weighted by Crippen LogP contribution is 2.37. The largest absolute Gasteiger partial charge is 0.366 e. The van der Waals surface area contributed by atoms with Gasteiger partial charge in [0.05, 0.1) is 23.5 Å². The number of aromatic nitrogens is 1. The smallest absolute Gasteiger partial charge is 0.313 e. The number of nitrogens with one attached hydrogen (secondary N) is 1. The van der Waals surface area contributed by atoms with E-state index in [1.807, 2.05) is 37.3 Å². The van der Waals surface area contributed by atoms with Crippen LogP contribution in [0.15, 0.2) is 48.8 Å². The second kappa shape index (κ2) is 8.21. The summed E-state index contributed by atoms with van der Waals surface area (Å²) in [5.41, 5.74) is 6.67. The van der Waals surface area contributed by atoms with Crippen molar-refractivity contribution in [1.82, 2.24) is 9.88 Å². The number of carbonyl (C=O) groups excluding carboxylic acids is 3. The lowest BCUT2D eigenvalue weighted by molar-refractivity contribution is -0.149. The lowest BCUT2D eigenvalue weighted by Gasteiger charge is -2.44. The number of anilines is 1. The molecule has 3 rings (SSSR count). The number of nitrogens with zero attached hydrogens (tertiary/aromatic N) is 2. The molecule has 2 aromatic rings. The second-order valence-corrected chi connectivity index (χ2v) is 7.21. The van der Waals surface area contributed by atoms with Crippen LogP contribution in [0.3, 0.4) is 0 Å². The van der Waals surface area contributed by atoms with Crippen LogP contribution in [0.1, 0.15) is 48.7 Å². The number of hydrogen-bond donors (Lipinski definition) is 2. The van der Waals surface area contributed by atoms with Crippen molar-refractivity contribution in [1.29, 1.82) is 0 Å². The van der Waals surface area contributed by atoms with Crippen LogP contribution in [0.5, 0.6) is 0 Å². The fourth-order valence-corrected chi connectivity index (χ4v) is 3.63. The molecule has 1 saturated heterocycles. The fraction of sp³-hybridized carbons (Fsp3) is 0.333. The van der Waals surface area contributed by atoms with Gasteiger partial charge in [-0.1, -0.05) is 37.3 Å². The van der Waals surface area contributed by atoms with Crippen molar-refractivity contribution in [2.75, 3.05) is 5.32 Å². The second-order valence-electron chi connectivity index (χ2n) is 7.21. The molecule has 0 radical (unpaired) electrons. The zero-order valence-corrected chi connectivity index (χ0v) is 16.0. The van der Waals surface area contributed by atoms with E-state index in [0.29, 0.717) is 0 Å². The monoisotopic (exact) mass is 380 g/mol. The van der Waals surface area contributed by atoms with Gasteiger partial charge in [0, 0.05) is 12.2 Å². The Morgan fingerprint density at radius 2 is 1.82 bits per heavy atom. The van der Waals surface area contributed by atoms with E-state index >= 15 is 0 Å². The predicted octanol–water partition coefficient (Wildman–Crippen LogP) is 2.51. The van der Waals surface area contributed by atoms with Gasteiger partial charge in [0.25, 0.3) is 0 Å². The van der Waals surface area contributed by atoms with Crippen LogP contribution in [0.25, 0.3) is 0 Å². The lowest BCUT2D eigenvalue weighted by atomic mass is 9.84. The van der Waals surface area contributed by atoms with Crippen LogP contribution in [0, 0.1) is 5.92 Å². The third-order valence-electron chi connectivity index (χ3n) is 5.39. The van der Waals surface area contributed by atoms with E-state index in [1.54, 1.807) is 4.90 Å². The van der Waals surface area contributed by atoms with Gasteiger partial charge in [-0.05, 0) is 37.3 Å². The van der Waals surface area contributed by atoms with Gasteiger partial charge in [0.15, 0.2) is 0 Å². The van der Waals surface area contributed by atoms with E-state index in [-0.39, 0.29) is 29.3 Å². The highest BCUT2D eigenvalue weighted by Gasteiger charge is 2.38. The molecular weight excluding hydrogens is 356 g/mol. The summed E-state index contributed by atoms with van der Waals surface area (Å²) >= 11 is 0. The van der Waals surface area contributed by atoms with Gasteiger partial charge < -0.3 is 16.0 Å². The van der Waals surface area contributed by atoms with Gasteiger partial charge in [-0.25, -0.2) is 0 Å². The number of nitrogens with two attached hydrogens (primary N) is 1. The summed E-state index contributed by atoms with van der Waals surface area (Å²) < 4.78 is 0. The Bertz CT molecular complexity index is 884. The molecule has 3 N–H and O–H groups in total. The first kappa shape index (κ1) is 19.5. The summed E-state index contributed by atoms with van der Waals surface area (Å²) in [6, 6.07) is 10.9. The quantitative estimate of drug-likeness (QED) is 0.798. The van der Waals surface area contributed by atoms with Gasteiger partial charge >= 0.3 is 11.8 Å². The molecule has 146 valence electrons. The summed E-state index contributed by atoms with van der Waals surface area (Å²) in [4.78, 5) is 42.6. The minimum atomic E-state index is -0.759. The molecule has 1 aromatic carbocycles. The van der Waals surface area contributed by atoms with E-state index in [2.05, 4.69) is 17.2 Å². The highest BCUT2D eigenvalue weighted by molar-refractivity contribution is 6.39. The number of primary amides is 1. The Morgan fingerprint density at radius 1 is 1.11 bits per heavy atom. The Labute approximate surface area is 163 Å². The molecular formula is C21H24N4O3. The average molecular weight is 380 g/mol. The third-order valence-corrected chi connectivity index (χ3v) is 5.39. The van der Waals surface area contributed by atoms with E-state index in [4.69, 9.17) is 5.73 Å². The van der Waals surface area contributed by atoms with Crippen molar-refractivity contribution in [2.45, 2.75) is 38.8 Å². The number of rotatable bonds is 3. The van der Waals surface area contributed by atoms with Crippen LogP contribution < -0.4 is 11.1 Å². The molecule has 0 saturated carbocycles. The Kier molecular flexibility index (Phi) is 5.73. The summed E-state index contributed by atoms with van der Waals surface area (Å²) in [5, 5.41) is 2.54.